The molecule has 1 N–H and O–H groups in total. The maximum absolute atomic E-state index is 11.7. The van der Waals surface area contributed by atoms with Crippen molar-refractivity contribution in [2.45, 2.75) is 38.4 Å². The van der Waals surface area contributed by atoms with Crippen molar-refractivity contribution in [2.24, 2.45) is 11.8 Å². The van der Waals surface area contributed by atoms with Gasteiger partial charge in [-0.3, -0.25) is 0 Å². The highest BCUT2D eigenvalue weighted by Gasteiger charge is 2.53. The number of aliphatic hydroxyl groups is 1. The number of fused-ring (bicyclic) bond motifs is 3. The summed E-state index contributed by atoms with van der Waals surface area (Å²) in [7, 11) is 0. The standard InChI is InChI=1S/C15H18O3/c1-8-4-5-11-9(2)14(16)18-13(11)12-10(8)6-7-15(12,3)17/h4,6,11-13,17H,2,5,7H2,1,3H3/t11-,12-,13-,15+/m1/s1. The molecule has 0 aromatic carbocycles. The lowest BCUT2D eigenvalue weighted by Gasteiger charge is -2.33. The van der Waals surface area contributed by atoms with Gasteiger partial charge in [-0.05, 0) is 32.3 Å². The van der Waals surface area contributed by atoms with Crippen LogP contribution in [0.2, 0.25) is 0 Å². The van der Waals surface area contributed by atoms with Gasteiger partial charge in [0.2, 0.25) is 0 Å². The number of hydrogen-bond donors (Lipinski definition) is 1. The fraction of sp³-hybridized carbons (Fsp3) is 0.533. The summed E-state index contributed by atoms with van der Waals surface area (Å²) in [6.07, 6.45) is 5.34. The third kappa shape index (κ3) is 1.43. The number of carbonyl (C=O) groups is 1. The lowest BCUT2D eigenvalue weighted by Crippen LogP contribution is -2.41. The van der Waals surface area contributed by atoms with E-state index in [9.17, 15) is 9.90 Å². The minimum absolute atomic E-state index is 0.00734. The smallest absolute Gasteiger partial charge is 0.334 e. The normalized spacial score (nSPS) is 42.7. The molecule has 1 saturated heterocycles. The number of hydrogen-bond acceptors (Lipinski definition) is 3. The van der Waals surface area contributed by atoms with Crippen LogP contribution in [0.1, 0.15) is 26.7 Å². The quantitative estimate of drug-likeness (QED) is 0.526. The Balaban J connectivity index is 2.08. The molecule has 3 heteroatoms. The van der Waals surface area contributed by atoms with E-state index in [4.69, 9.17) is 4.74 Å². The zero-order chi connectivity index (χ0) is 13.1. The molecule has 4 atom stereocenters. The second kappa shape index (κ2) is 3.58. The molecule has 0 amide bonds. The minimum Gasteiger partial charge on any atom is -0.458 e. The average molecular weight is 246 g/mol. The molecule has 1 aliphatic heterocycles. The predicted molar refractivity (Wildman–Crippen MR) is 67.7 cm³/mol. The third-order valence-electron chi connectivity index (χ3n) is 4.55. The molecule has 18 heavy (non-hydrogen) atoms. The van der Waals surface area contributed by atoms with E-state index < -0.39 is 5.60 Å². The first-order valence-electron chi connectivity index (χ1n) is 6.41. The van der Waals surface area contributed by atoms with Crippen LogP contribution in [-0.4, -0.2) is 22.8 Å². The number of carbonyl (C=O) groups excluding carboxylic acids is 1. The van der Waals surface area contributed by atoms with Crippen LogP contribution >= 0.6 is 0 Å². The Bertz CT molecular complexity index is 496. The molecular formula is C15H18O3. The predicted octanol–water partition coefficient (Wildman–Crippen LogP) is 2.13. The van der Waals surface area contributed by atoms with Crippen molar-refractivity contribution < 1.29 is 14.6 Å². The number of esters is 1. The monoisotopic (exact) mass is 246 g/mol. The fourth-order valence-electron chi connectivity index (χ4n) is 3.47. The molecule has 3 rings (SSSR count). The summed E-state index contributed by atoms with van der Waals surface area (Å²) in [5.74, 6) is -0.419. The molecule has 0 aromatic heterocycles. The Hall–Kier alpha value is -1.35. The van der Waals surface area contributed by atoms with Gasteiger partial charge in [-0.1, -0.05) is 24.3 Å². The van der Waals surface area contributed by atoms with Gasteiger partial charge in [-0.2, -0.15) is 0 Å². The van der Waals surface area contributed by atoms with Crippen molar-refractivity contribution in [2.75, 3.05) is 0 Å². The summed E-state index contributed by atoms with van der Waals surface area (Å²) in [4.78, 5) is 11.7. The SMILES string of the molecule is C=C1C(=O)O[C@@H]2[C@@H]1CC=C(C)C1=CC[C@](C)(O)[C@H]12. The summed E-state index contributed by atoms with van der Waals surface area (Å²) in [6, 6.07) is 0. The number of allylic oxidation sites excluding steroid dienone is 2. The van der Waals surface area contributed by atoms with Gasteiger partial charge in [0.25, 0.3) is 0 Å². The molecule has 1 heterocycles. The molecule has 1 fully saturated rings. The van der Waals surface area contributed by atoms with Gasteiger partial charge in [0.05, 0.1) is 11.5 Å². The van der Waals surface area contributed by atoms with Crippen LogP contribution in [0.4, 0.5) is 0 Å². The van der Waals surface area contributed by atoms with Crippen LogP contribution in [0.5, 0.6) is 0 Å². The maximum Gasteiger partial charge on any atom is 0.334 e. The van der Waals surface area contributed by atoms with Crippen LogP contribution in [0.25, 0.3) is 0 Å². The van der Waals surface area contributed by atoms with Crippen molar-refractivity contribution >= 4 is 5.97 Å². The van der Waals surface area contributed by atoms with Gasteiger partial charge in [-0.15, -0.1) is 0 Å². The van der Waals surface area contributed by atoms with Crippen LogP contribution in [-0.2, 0) is 9.53 Å². The highest BCUT2D eigenvalue weighted by molar-refractivity contribution is 5.91. The summed E-state index contributed by atoms with van der Waals surface area (Å²) >= 11 is 0. The molecule has 3 nitrogen and oxygen atoms in total. The van der Waals surface area contributed by atoms with Crippen LogP contribution in [0.3, 0.4) is 0 Å². The van der Waals surface area contributed by atoms with Crippen LogP contribution < -0.4 is 0 Å². The van der Waals surface area contributed by atoms with E-state index in [2.05, 4.69) is 25.7 Å². The molecule has 0 unspecified atom stereocenters. The third-order valence-corrected chi connectivity index (χ3v) is 4.55. The Kier molecular flexibility index (Phi) is 2.33. The topological polar surface area (TPSA) is 46.5 Å². The molecule has 0 saturated carbocycles. The molecule has 96 valence electrons. The largest absolute Gasteiger partial charge is 0.458 e. The van der Waals surface area contributed by atoms with E-state index in [0.29, 0.717) is 12.0 Å². The Labute approximate surface area is 107 Å². The van der Waals surface area contributed by atoms with Crippen molar-refractivity contribution in [1.82, 2.24) is 0 Å². The van der Waals surface area contributed by atoms with Crippen molar-refractivity contribution in [1.29, 1.82) is 0 Å². The van der Waals surface area contributed by atoms with E-state index in [1.807, 2.05) is 6.92 Å². The summed E-state index contributed by atoms with van der Waals surface area (Å²) in [5.41, 5.74) is 2.04. The van der Waals surface area contributed by atoms with Gasteiger partial charge in [0, 0.05) is 11.5 Å². The first kappa shape index (κ1) is 11.7. The second-order valence-corrected chi connectivity index (χ2v) is 5.82. The minimum atomic E-state index is -0.831. The summed E-state index contributed by atoms with van der Waals surface area (Å²) < 4.78 is 5.48. The second-order valence-electron chi connectivity index (χ2n) is 5.82. The fourth-order valence-corrected chi connectivity index (χ4v) is 3.47. The van der Waals surface area contributed by atoms with Crippen LogP contribution in [0.15, 0.2) is 35.5 Å². The zero-order valence-corrected chi connectivity index (χ0v) is 10.8. The van der Waals surface area contributed by atoms with Crippen molar-refractivity contribution in [3.8, 4) is 0 Å². The van der Waals surface area contributed by atoms with Gasteiger partial charge in [0.15, 0.2) is 0 Å². The van der Waals surface area contributed by atoms with Gasteiger partial charge >= 0.3 is 5.97 Å². The van der Waals surface area contributed by atoms with Crippen molar-refractivity contribution in [3.05, 3.63) is 35.5 Å². The first-order chi connectivity index (χ1) is 8.42. The molecular weight excluding hydrogens is 228 g/mol. The maximum atomic E-state index is 11.7. The highest BCUT2D eigenvalue weighted by Crippen LogP contribution is 2.49. The van der Waals surface area contributed by atoms with E-state index in [1.165, 1.54) is 5.57 Å². The highest BCUT2D eigenvalue weighted by atomic mass is 16.6. The van der Waals surface area contributed by atoms with E-state index in [-0.39, 0.29) is 23.9 Å². The summed E-state index contributed by atoms with van der Waals surface area (Å²) in [6.45, 7) is 7.73. The number of ether oxygens (including phenoxy) is 1. The number of rotatable bonds is 0. The van der Waals surface area contributed by atoms with Gasteiger partial charge in [0.1, 0.15) is 6.10 Å². The molecule has 2 aliphatic carbocycles. The van der Waals surface area contributed by atoms with E-state index >= 15 is 0 Å². The Morgan fingerprint density at radius 3 is 2.94 bits per heavy atom. The molecule has 0 bridgehead atoms. The lowest BCUT2D eigenvalue weighted by molar-refractivity contribution is -0.144. The van der Waals surface area contributed by atoms with E-state index in [0.717, 1.165) is 12.0 Å². The van der Waals surface area contributed by atoms with Gasteiger partial charge < -0.3 is 9.84 Å². The lowest BCUT2D eigenvalue weighted by atomic mass is 9.78. The zero-order valence-electron chi connectivity index (χ0n) is 10.8. The molecule has 0 spiro atoms. The molecule has 0 radical (unpaired) electrons. The van der Waals surface area contributed by atoms with Gasteiger partial charge in [-0.25, -0.2) is 4.79 Å². The molecule has 3 aliphatic rings. The van der Waals surface area contributed by atoms with Crippen molar-refractivity contribution in [3.63, 3.8) is 0 Å². The Morgan fingerprint density at radius 1 is 1.50 bits per heavy atom. The summed E-state index contributed by atoms with van der Waals surface area (Å²) in [5, 5.41) is 10.6. The first-order valence-corrected chi connectivity index (χ1v) is 6.41. The van der Waals surface area contributed by atoms with E-state index in [1.54, 1.807) is 0 Å². The molecule has 0 aromatic rings. The van der Waals surface area contributed by atoms with Crippen LogP contribution in [0, 0.1) is 11.8 Å². The Morgan fingerprint density at radius 2 is 2.22 bits per heavy atom. The average Bonchev–Trinajstić information content (AvgIpc) is 2.69.